The smallest absolute Gasteiger partial charge is 0.227 e. The fraction of sp³-hybridized carbons (Fsp3) is 0.800. The van der Waals surface area contributed by atoms with Crippen LogP contribution in [0, 0.1) is 5.92 Å². The van der Waals surface area contributed by atoms with Crippen molar-refractivity contribution in [3.63, 3.8) is 0 Å². The monoisotopic (exact) mass is 329 g/mol. The van der Waals surface area contributed by atoms with Crippen molar-refractivity contribution in [3.8, 4) is 0 Å². The molecule has 22 heavy (non-hydrogen) atoms. The number of anilines is 1. The molecule has 0 unspecified atom stereocenters. The number of hydrogen-bond acceptors (Lipinski definition) is 4. The van der Waals surface area contributed by atoms with E-state index in [1.165, 1.54) is 0 Å². The Bertz CT molecular complexity index is 466. The average molecular weight is 330 g/mol. The molecule has 1 aromatic rings. The van der Waals surface area contributed by atoms with Crippen molar-refractivity contribution >= 4 is 24.3 Å². The zero-order valence-corrected chi connectivity index (χ0v) is 14.6. The summed E-state index contributed by atoms with van der Waals surface area (Å²) in [5.41, 5.74) is 0. The molecule has 1 aromatic heterocycles. The van der Waals surface area contributed by atoms with Crippen molar-refractivity contribution in [2.45, 2.75) is 51.9 Å². The molecule has 0 aromatic carbocycles. The van der Waals surface area contributed by atoms with E-state index in [0.717, 1.165) is 44.6 Å². The van der Waals surface area contributed by atoms with Gasteiger partial charge in [0.15, 0.2) is 5.82 Å². The van der Waals surface area contributed by atoms with E-state index in [4.69, 9.17) is 0 Å². The van der Waals surface area contributed by atoms with Gasteiger partial charge in [0.1, 0.15) is 0 Å². The maximum Gasteiger partial charge on any atom is 0.227 e. The first-order valence-corrected chi connectivity index (χ1v) is 8.05. The summed E-state index contributed by atoms with van der Waals surface area (Å²) >= 11 is 0. The summed E-state index contributed by atoms with van der Waals surface area (Å²) in [7, 11) is 1.84. The predicted octanol–water partition coefficient (Wildman–Crippen LogP) is 2.47. The van der Waals surface area contributed by atoms with Gasteiger partial charge in [-0.25, -0.2) is 4.68 Å². The fourth-order valence-electron chi connectivity index (χ4n) is 2.78. The number of aromatic nitrogens is 3. The van der Waals surface area contributed by atoms with Crippen LogP contribution < -0.4 is 10.6 Å². The van der Waals surface area contributed by atoms with Crippen LogP contribution in [0.5, 0.6) is 0 Å². The van der Waals surface area contributed by atoms with E-state index in [9.17, 15) is 4.79 Å². The Hall–Kier alpha value is -1.14. The van der Waals surface area contributed by atoms with Crippen LogP contribution in [0.15, 0.2) is 0 Å². The van der Waals surface area contributed by atoms with Crippen LogP contribution in [0.1, 0.15) is 57.7 Å². The first-order chi connectivity index (χ1) is 10.1. The third kappa shape index (κ3) is 4.95. The molecule has 1 fully saturated rings. The van der Waals surface area contributed by atoms with E-state index in [2.05, 4.69) is 34.6 Å². The van der Waals surface area contributed by atoms with E-state index in [1.54, 1.807) is 4.68 Å². The average Bonchev–Trinajstić information content (AvgIpc) is 2.87. The van der Waals surface area contributed by atoms with Gasteiger partial charge in [0.05, 0.1) is 0 Å². The van der Waals surface area contributed by atoms with Gasteiger partial charge >= 0.3 is 0 Å². The lowest BCUT2D eigenvalue weighted by molar-refractivity contribution is -0.117. The highest BCUT2D eigenvalue weighted by atomic mass is 35.5. The van der Waals surface area contributed by atoms with Crippen LogP contribution in [0.4, 0.5) is 5.95 Å². The fourth-order valence-corrected chi connectivity index (χ4v) is 2.78. The summed E-state index contributed by atoms with van der Waals surface area (Å²) in [5, 5.41) is 10.7. The number of amides is 1. The Morgan fingerprint density at radius 3 is 2.59 bits per heavy atom. The Labute approximate surface area is 138 Å². The highest BCUT2D eigenvalue weighted by Crippen LogP contribution is 2.23. The summed E-state index contributed by atoms with van der Waals surface area (Å²) in [6.07, 6.45) is 4.74. The zero-order chi connectivity index (χ0) is 15.2. The Morgan fingerprint density at radius 2 is 2.00 bits per heavy atom. The largest absolute Gasteiger partial charge is 0.317 e. The second-order valence-corrected chi connectivity index (χ2v) is 5.88. The molecular weight excluding hydrogens is 302 g/mol. The normalized spacial score (nSPS) is 15.6. The van der Waals surface area contributed by atoms with Crippen LogP contribution >= 0.6 is 12.4 Å². The van der Waals surface area contributed by atoms with Gasteiger partial charge in [0.25, 0.3) is 0 Å². The lowest BCUT2D eigenvalue weighted by Crippen LogP contribution is -2.27. The molecule has 0 saturated carbocycles. The molecule has 7 heteroatoms. The number of halogens is 1. The lowest BCUT2D eigenvalue weighted by Gasteiger charge is -2.19. The second-order valence-electron chi connectivity index (χ2n) is 5.88. The Kier molecular flexibility index (Phi) is 7.82. The first-order valence-electron chi connectivity index (χ1n) is 8.05. The van der Waals surface area contributed by atoms with Gasteiger partial charge in [-0.15, -0.1) is 12.4 Å². The maximum absolute atomic E-state index is 12.1. The molecule has 1 amide bonds. The molecule has 2 N–H and O–H groups in total. The third-order valence-electron chi connectivity index (χ3n) is 4.36. The third-order valence-corrected chi connectivity index (χ3v) is 4.36. The van der Waals surface area contributed by atoms with E-state index in [-0.39, 0.29) is 18.3 Å². The molecule has 2 rings (SSSR count). The molecule has 6 nitrogen and oxygen atoms in total. The molecule has 1 aliphatic rings. The molecule has 126 valence electrons. The number of nitrogens with one attached hydrogen (secondary N) is 2. The van der Waals surface area contributed by atoms with Gasteiger partial charge in [-0.1, -0.05) is 26.7 Å². The number of nitrogens with zero attached hydrogens (tertiary/aromatic N) is 3. The minimum Gasteiger partial charge on any atom is -0.317 e. The van der Waals surface area contributed by atoms with Crippen molar-refractivity contribution in [1.82, 2.24) is 20.1 Å². The standard InChI is InChI=1S/C15H27N5O.ClH/c1-4-11(5-2)10-13(21)17-15-18-14(19-20(15)3)12-6-8-16-9-7-12;/h11-12,16H,4-10H2,1-3H3,(H,17,18,19,21);1H. The summed E-state index contributed by atoms with van der Waals surface area (Å²) < 4.78 is 1.68. The minimum atomic E-state index is 0. The van der Waals surface area contributed by atoms with Gasteiger partial charge in [0.2, 0.25) is 11.9 Å². The molecule has 0 aliphatic carbocycles. The molecule has 0 spiro atoms. The van der Waals surface area contributed by atoms with Gasteiger partial charge in [-0.3, -0.25) is 10.1 Å². The van der Waals surface area contributed by atoms with E-state index < -0.39 is 0 Å². The summed E-state index contributed by atoms with van der Waals surface area (Å²) in [5.74, 6) is 2.32. The predicted molar refractivity (Wildman–Crippen MR) is 90.4 cm³/mol. The number of rotatable bonds is 6. The Balaban J connectivity index is 0.00000242. The van der Waals surface area contributed by atoms with Crippen molar-refractivity contribution in [2.75, 3.05) is 18.4 Å². The minimum absolute atomic E-state index is 0. The van der Waals surface area contributed by atoms with E-state index in [1.807, 2.05) is 7.05 Å². The van der Waals surface area contributed by atoms with Crippen molar-refractivity contribution in [3.05, 3.63) is 5.82 Å². The van der Waals surface area contributed by atoms with Gasteiger partial charge < -0.3 is 5.32 Å². The van der Waals surface area contributed by atoms with Crippen LogP contribution in [-0.4, -0.2) is 33.8 Å². The summed E-state index contributed by atoms with van der Waals surface area (Å²) in [6.45, 7) is 6.27. The highest BCUT2D eigenvalue weighted by molar-refractivity contribution is 5.89. The topological polar surface area (TPSA) is 71.8 Å². The molecular formula is C15H28ClN5O. The van der Waals surface area contributed by atoms with Crippen LogP contribution in [0.25, 0.3) is 0 Å². The molecule has 1 aliphatic heterocycles. The first kappa shape index (κ1) is 18.9. The number of aryl methyl sites for hydroxylation is 1. The SMILES string of the molecule is CCC(CC)CC(=O)Nc1nc(C2CCNCC2)nn1C.Cl. The number of carbonyl (C=O) groups excluding carboxylic acids is 1. The van der Waals surface area contributed by atoms with Gasteiger partial charge in [-0.05, 0) is 31.8 Å². The summed E-state index contributed by atoms with van der Waals surface area (Å²) in [6, 6.07) is 0. The molecule has 0 radical (unpaired) electrons. The van der Waals surface area contributed by atoms with Crippen LogP contribution in [0.2, 0.25) is 0 Å². The molecule has 1 saturated heterocycles. The molecule has 0 bridgehead atoms. The van der Waals surface area contributed by atoms with Gasteiger partial charge in [-0.2, -0.15) is 10.1 Å². The van der Waals surface area contributed by atoms with Crippen molar-refractivity contribution in [1.29, 1.82) is 0 Å². The van der Waals surface area contributed by atoms with E-state index >= 15 is 0 Å². The number of carbonyl (C=O) groups is 1. The second kappa shape index (κ2) is 9.10. The van der Waals surface area contributed by atoms with Gasteiger partial charge in [0, 0.05) is 19.4 Å². The molecule has 0 atom stereocenters. The maximum atomic E-state index is 12.1. The zero-order valence-electron chi connectivity index (χ0n) is 13.8. The molecule has 2 heterocycles. The Morgan fingerprint density at radius 1 is 1.36 bits per heavy atom. The van der Waals surface area contributed by atoms with E-state index in [0.29, 0.717) is 24.2 Å². The van der Waals surface area contributed by atoms with Crippen LogP contribution in [0.3, 0.4) is 0 Å². The highest BCUT2D eigenvalue weighted by Gasteiger charge is 2.21. The van der Waals surface area contributed by atoms with Crippen molar-refractivity contribution in [2.24, 2.45) is 13.0 Å². The van der Waals surface area contributed by atoms with Crippen molar-refractivity contribution < 1.29 is 4.79 Å². The number of hydrogen-bond donors (Lipinski definition) is 2. The lowest BCUT2D eigenvalue weighted by atomic mass is 9.98. The summed E-state index contributed by atoms with van der Waals surface area (Å²) in [4.78, 5) is 16.6. The number of piperidine rings is 1. The van der Waals surface area contributed by atoms with Crippen LogP contribution in [-0.2, 0) is 11.8 Å². The quantitative estimate of drug-likeness (QED) is 0.841.